The van der Waals surface area contributed by atoms with E-state index in [9.17, 15) is 4.79 Å². The summed E-state index contributed by atoms with van der Waals surface area (Å²) in [6, 6.07) is 12.6. The second-order valence-electron chi connectivity index (χ2n) is 4.10. The fraction of sp³-hybridized carbons (Fsp3) is 0.200. The van der Waals surface area contributed by atoms with Gasteiger partial charge in [0.05, 0.1) is 7.11 Å². The molecule has 1 aromatic heterocycles. The highest BCUT2D eigenvalue weighted by molar-refractivity contribution is 5.94. The van der Waals surface area contributed by atoms with Gasteiger partial charge in [0.2, 0.25) is 0 Å². The van der Waals surface area contributed by atoms with Gasteiger partial charge in [-0.15, -0.1) is 0 Å². The van der Waals surface area contributed by atoms with E-state index in [1.165, 1.54) is 7.11 Å². The third-order valence-electron chi connectivity index (χ3n) is 2.79. The Labute approximate surface area is 117 Å². The third-order valence-corrected chi connectivity index (χ3v) is 2.79. The number of anilines is 1. The largest absolute Gasteiger partial charge is 0.497 e. The monoisotopic (exact) mass is 272 g/mol. The van der Waals surface area contributed by atoms with Gasteiger partial charge in [-0.1, -0.05) is 30.3 Å². The number of nitrogens with one attached hydrogen (secondary N) is 1. The molecule has 0 fully saturated rings. The summed E-state index contributed by atoms with van der Waals surface area (Å²) in [5.41, 5.74) is 0.787. The predicted molar refractivity (Wildman–Crippen MR) is 75.6 cm³/mol. The van der Waals surface area contributed by atoms with E-state index in [-0.39, 0.29) is 5.91 Å². The molecule has 2 rings (SSSR count). The van der Waals surface area contributed by atoms with Crippen molar-refractivity contribution in [3.63, 3.8) is 0 Å². The van der Waals surface area contributed by atoms with Gasteiger partial charge in [-0.25, -0.2) is 4.98 Å². The zero-order chi connectivity index (χ0) is 14.4. The first-order valence-corrected chi connectivity index (χ1v) is 6.13. The van der Waals surface area contributed by atoms with E-state index in [4.69, 9.17) is 9.47 Å². The molecule has 0 aliphatic heterocycles. The van der Waals surface area contributed by atoms with Gasteiger partial charge in [0.1, 0.15) is 11.6 Å². The van der Waals surface area contributed by atoms with Crippen molar-refractivity contribution in [1.29, 1.82) is 0 Å². The lowest BCUT2D eigenvalue weighted by Gasteiger charge is -2.15. The number of methoxy groups -OCH3 is 2. The smallest absolute Gasteiger partial charge is 0.259 e. The average molecular weight is 272 g/mol. The highest BCUT2D eigenvalue weighted by Crippen LogP contribution is 2.19. The van der Waals surface area contributed by atoms with Crippen LogP contribution in [0.4, 0.5) is 5.82 Å². The van der Waals surface area contributed by atoms with Crippen LogP contribution in [0.2, 0.25) is 0 Å². The standard InChI is InChI=1S/C15H16N2O3/c1-19-12-8-9-16-13(10-12)17-15(18)14(20-2)11-6-4-3-5-7-11/h3-10,14H,1-2H3,(H,16,17,18)/t14-/m1/s1. The fourth-order valence-electron chi connectivity index (χ4n) is 1.82. The van der Waals surface area contributed by atoms with E-state index >= 15 is 0 Å². The molecule has 104 valence electrons. The summed E-state index contributed by atoms with van der Waals surface area (Å²) < 4.78 is 10.3. The Hall–Kier alpha value is -2.40. The Balaban J connectivity index is 2.13. The highest BCUT2D eigenvalue weighted by atomic mass is 16.5. The number of benzene rings is 1. The number of aromatic nitrogens is 1. The Morgan fingerprint density at radius 1 is 1.20 bits per heavy atom. The van der Waals surface area contributed by atoms with Crippen LogP contribution >= 0.6 is 0 Å². The number of hydrogen-bond acceptors (Lipinski definition) is 4. The van der Waals surface area contributed by atoms with Crippen molar-refractivity contribution in [2.45, 2.75) is 6.10 Å². The minimum Gasteiger partial charge on any atom is -0.497 e. The van der Waals surface area contributed by atoms with Crippen molar-refractivity contribution in [2.24, 2.45) is 0 Å². The van der Waals surface area contributed by atoms with Crippen LogP contribution in [0.25, 0.3) is 0 Å². The molecule has 0 saturated carbocycles. The van der Waals surface area contributed by atoms with E-state index in [0.29, 0.717) is 11.6 Å². The SMILES string of the molecule is COc1ccnc(NC(=O)[C@H](OC)c2ccccc2)c1. The number of carbonyl (C=O) groups is 1. The van der Waals surface area contributed by atoms with Crippen LogP contribution in [0.3, 0.4) is 0 Å². The molecule has 0 unspecified atom stereocenters. The molecule has 5 heteroatoms. The summed E-state index contributed by atoms with van der Waals surface area (Å²) >= 11 is 0. The summed E-state index contributed by atoms with van der Waals surface area (Å²) in [6.07, 6.45) is 0.892. The van der Waals surface area contributed by atoms with Gasteiger partial charge >= 0.3 is 0 Å². The topological polar surface area (TPSA) is 60.5 Å². The predicted octanol–water partition coefficient (Wildman–Crippen LogP) is 2.42. The molecular weight excluding hydrogens is 256 g/mol. The van der Waals surface area contributed by atoms with Crippen molar-refractivity contribution < 1.29 is 14.3 Å². The van der Waals surface area contributed by atoms with Gasteiger partial charge < -0.3 is 14.8 Å². The minimum absolute atomic E-state index is 0.278. The van der Waals surface area contributed by atoms with Crippen molar-refractivity contribution in [1.82, 2.24) is 4.98 Å². The molecule has 1 heterocycles. The Kier molecular flexibility index (Phi) is 4.68. The van der Waals surface area contributed by atoms with Gasteiger partial charge in [0.15, 0.2) is 6.10 Å². The van der Waals surface area contributed by atoms with Crippen LogP contribution in [0.15, 0.2) is 48.7 Å². The fourth-order valence-corrected chi connectivity index (χ4v) is 1.82. The Morgan fingerprint density at radius 3 is 2.60 bits per heavy atom. The zero-order valence-electron chi connectivity index (χ0n) is 11.4. The van der Waals surface area contributed by atoms with Crippen LogP contribution in [-0.2, 0) is 9.53 Å². The second kappa shape index (κ2) is 6.68. The van der Waals surface area contributed by atoms with Gasteiger partial charge in [-0.05, 0) is 11.6 Å². The highest BCUT2D eigenvalue weighted by Gasteiger charge is 2.20. The molecule has 0 aliphatic rings. The van der Waals surface area contributed by atoms with E-state index < -0.39 is 6.10 Å². The summed E-state index contributed by atoms with van der Waals surface area (Å²) in [5.74, 6) is 0.774. The third kappa shape index (κ3) is 3.33. The average Bonchev–Trinajstić information content (AvgIpc) is 2.49. The lowest BCUT2D eigenvalue weighted by atomic mass is 10.1. The van der Waals surface area contributed by atoms with Crippen LogP contribution in [0.1, 0.15) is 11.7 Å². The van der Waals surface area contributed by atoms with Crippen molar-refractivity contribution in [3.8, 4) is 5.75 Å². The normalized spacial score (nSPS) is 11.7. The van der Waals surface area contributed by atoms with E-state index in [0.717, 1.165) is 5.56 Å². The zero-order valence-corrected chi connectivity index (χ0v) is 11.4. The summed E-state index contributed by atoms with van der Waals surface area (Å²) in [7, 11) is 3.05. The molecule has 1 amide bonds. The van der Waals surface area contributed by atoms with Crippen molar-refractivity contribution in [2.75, 3.05) is 19.5 Å². The quantitative estimate of drug-likeness (QED) is 0.908. The molecule has 0 aliphatic carbocycles. The number of hydrogen-bond donors (Lipinski definition) is 1. The van der Waals surface area contributed by atoms with Gasteiger partial charge in [0.25, 0.3) is 5.91 Å². The maximum absolute atomic E-state index is 12.2. The maximum atomic E-state index is 12.2. The minimum atomic E-state index is -0.677. The lowest BCUT2D eigenvalue weighted by Crippen LogP contribution is -2.23. The molecule has 0 spiro atoms. The van der Waals surface area contributed by atoms with E-state index in [1.54, 1.807) is 25.4 Å². The molecule has 0 saturated heterocycles. The molecule has 1 aromatic carbocycles. The Morgan fingerprint density at radius 2 is 1.95 bits per heavy atom. The van der Waals surface area contributed by atoms with Crippen molar-refractivity contribution >= 4 is 11.7 Å². The number of nitrogens with zero attached hydrogens (tertiary/aromatic N) is 1. The summed E-state index contributed by atoms with van der Waals surface area (Å²) in [4.78, 5) is 16.3. The van der Waals surface area contributed by atoms with Gasteiger partial charge in [-0.2, -0.15) is 0 Å². The molecule has 2 aromatic rings. The van der Waals surface area contributed by atoms with Gasteiger partial charge in [0, 0.05) is 19.4 Å². The van der Waals surface area contributed by atoms with Crippen LogP contribution in [0, 0.1) is 0 Å². The van der Waals surface area contributed by atoms with E-state index in [2.05, 4.69) is 10.3 Å². The number of pyridine rings is 1. The molecule has 0 radical (unpaired) electrons. The molecule has 1 atom stereocenters. The summed E-state index contributed by atoms with van der Waals surface area (Å²) in [6.45, 7) is 0. The number of ether oxygens (including phenoxy) is 2. The van der Waals surface area contributed by atoms with Gasteiger partial charge in [-0.3, -0.25) is 4.79 Å². The second-order valence-corrected chi connectivity index (χ2v) is 4.10. The molecule has 0 bridgehead atoms. The summed E-state index contributed by atoms with van der Waals surface area (Å²) in [5, 5.41) is 2.71. The first-order valence-electron chi connectivity index (χ1n) is 6.13. The molecule has 5 nitrogen and oxygen atoms in total. The molecular formula is C15H16N2O3. The molecule has 1 N–H and O–H groups in total. The maximum Gasteiger partial charge on any atom is 0.259 e. The first-order chi connectivity index (χ1) is 9.74. The number of rotatable bonds is 5. The van der Waals surface area contributed by atoms with E-state index in [1.807, 2.05) is 30.3 Å². The number of carbonyl (C=O) groups excluding carboxylic acids is 1. The lowest BCUT2D eigenvalue weighted by molar-refractivity contribution is -0.126. The first kappa shape index (κ1) is 14.0. The molecule has 20 heavy (non-hydrogen) atoms. The van der Waals surface area contributed by atoms with Crippen LogP contribution in [-0.4, -0.2) is 25.1 Å². The van der Waals surface area contributed by atoms with Crippen molar-refractivity contribution in [3.05, 3.63) is 54.2 Å². The van der Waals surface area contributed by atoms with Crippen LogP contribution in [0.5, 0.6) is 5.75 Å². The number of amides is 1. The van der Waals surface area contributed by atoms with Crippen LogP contribution < -0.4 is 10.1 Å². The Bertz CT molecular complexity index is 572.